The summed E-state index contributed by atoms with van der Waals surface area (Å²) in [6, 6.07) is 4.03. The van der Waals surface area contributed by atoms with Crippen LogP contribution in [-0.2, 0) is 0 Å². The molecule has 1 aliphatic carbocycles. The Kier molecular flexibility index (Phi) is 4.16. The molecule has 2 rings (SSSR count). The van der Waals surface area contributed by atoms with Crippen LogP contribution in [0.2, 0.25) is 0 Å². The summed E-state index contributed by atoms with van der Waals surface area (Å²) in [6.45, 7) is 2.69. The first-order valence-electron chi connectivity index (χ1n) is 6.48. The molecule has 0 aromatic carbocycles. The van der Waals surface area contributed by atoms with Gasteiger partial charge >= 0.3 is 0 Å². The van der Waals surface area contributed by atoms with E-state index in [0.717, 1.165) is 37.8 Å². The van der Waals surface area contributed by atoms with E-state index in [2.05, 4.69) is 16.4 Å². The lowest BCUT2D eigenvalue weighted by Gasteiger charge is -2.26. The van der Waals surface area contributed by atoms with Gasteiger partial charge in [0, 0.05) is 12.7 Å². The third-order valence-corrected chi connectivity index (χ3v) is 3.58. The fourth-order valence-corrected chi connectivity index (χ4v) is 2.52. The van der Waals surface area contributed by atoms with Crippen molar-refractivity contribution in [1.29, 1.82) is 5.26 Å². The summed E-state index contributed by atoms with van der Waals surface area (Å²) in [5, 5.41) is 22.0. The summed E-state index contributed by atoms with van der Waals surface area (Å²) >= 11 is 0. The Morgan fingerprint density at radius 3 is 3.11 bits per heavy atom. The molecule has 1 saturated carbocycles. The van der Waals surface area contributed by atoms with E-state index in [1.807, 2.05) is 13.0 Å². The predicted molar refractivity (Wildman–Crippen MR) is 70.1 cm³/mol. The average molecular weight is 245 g/mol. The van der Waals surface area contributed by atoms with Crippen LogP contribution in [0.5, 0.6) is 0 Å². The van der Waals surface area contributed by atoms with Gasteiger partial charge in [0.25, 0.3) is 0 Å². The lowest BCUT2D eigenvalue weighted by molar-refractivity contribution is 0.104. The number of nitrogens with one attached hydrogen (secondary N) is 1. The van der Waals surface area contributed by atoms with Crippen molar-refractivity contribution in [2.45, 2.75) is 38.7 Å². The summed E-state index contributed by atoms with van der Waals surface area (Å²) in [7, 11) is 0. The van der Waals surface area contributed by atoms with Crippen LogP contribution in [0.25, 0.3) is 0 Å². The number of aliphatic hydroxyl groups is 1. The molecule has 1 fully saturated rings. The molecular weight excluding hydrogens is 226 g/mol. The molecule has 96 valence electrons. The zero-order valence-electron chi connectivity index (χ0n) is 10.7. The molecule has 0 spiro atoms. The number of aryl methyl sites for hydroxylation is 1. The Bertz CT molecular complexity index is 453. The number of hydrogen-bond donors (Lipinski definition) is 2. The van der Waals surface area contributed by atoms with E-state index in [0.29, 0.717) is 17.3 Å². The Morgan fingerprint density at radius 2 is 2.39 bits per heavy atom. The van der Waals surface area contributed by atoms with Crippen molar-refractivity contribution in [3.05, 3.63) is 23.4 Å². The molecule has 0 bridgehead atoms. The minimum absolute atomic E-state index is 0.161. The minimum Gasteiger partial charge on any atom is -0.393 e. The number of anilines is 1. The Balaban J connectivity index is 1.98. The van der Waals surface area contributed by atoms with Gasteiger partial charge in [0.05, 0.1) is 11.7 Å². The molecule has 1 aliphatic rings. The van der Waals surface area contributed by atoms with Crippen LogP contribution in [0.15, 0.2) is 12.3 Å². The third kappa shape index (κ3) is 2.99. The van der Waals surface area contributed by atoms with Crippen LogP contribution in [0.3, 0.4) is 0 Å². The van der Waals surface area contributed by atoms with Crippen molar-refractivity contribution < 1.29 is 5.11 Å². The van der Waals surface area contributed by atoms with E-state index in [1.165, 1.54) is 0 Å². The van der Waals surface area contributed by atoms with Gasteiger partial charge < -0.3 is 10.4 Å². The van der Waals surface area contributed by atoms with E-state index in [1.54, 1.807) is 6.20 Å². The first-order chi connectivity index (χ1) is 8.70. The minimum atomic E-state index is -0.161. The second-order valence-corrected chi connectivity index (χ2v) is 5.03. The smallest absolute Gasteiger partial charge is 0.144 e. The van der Waals surface area contributed by atoms with Gasteiger partial charge in [0.1, 0.15) is 11.9 Å². The van der Waals surface area contributed by atoms with Crippen LogP contribution in [0, 0.1) is 24.2 Å². The molecule has 2 N–H and O–H groups in total. The highest BCUT2D eigenvalue weighted by molar-refractivity contribution is 5.55. The van der Waals surface area contributed by atoms with Crippen LogP contribution in [0.4, 0.5) is 5.82 Å². The van der Waals surface area contributed by atoms with Gasteiger partial charge in [-0.1, -0.05) is 6.42 Å². The van der Waals surface area contributed by atoms with Crippen LogP contribution >= 0.6 is 0 Å². The fraction of sp³-hybridized carbons (Fsp3) is 0.571. The summed E-state index contributed by atoms with van der Waals surface area (Å²) in [5.74, 6) is 1.14. The number of aromatic nitrogens is 1. The second-order valence-electron chi connectivity index (χ2n) is 5.03. The van der Waals surface area contributed by atoms with Gasteiger partial charge in [-0.25, -0.2) is 4.98 Å². The maximum Gasteiger partial charge on any atom is 0.144 e. The number of pyridine rings is 1. The molecule has 0 aliphatic heterocycles. The highest BCUT2D eigenvalue weighted by Crippen LogP contribution is 2.25. The largest absolute Gasteiger partial charge is 0.393 e. The lowest BCUT2D eigenvalue weighted by Crippen LogP contribution is -2.25. The van der Waals surface area contributed by atoms with Gasteiger partial charge in [0.15, 0.2) is 0 Å². The van der Waals surface area contributed by atoms with Gasteiger partial charge in [-0.05, 0) is 43.7 Å². The highest BCUT2D eigenvalue weighted by Gasteiger charge is 2.20. The van der Waals surface area contributed by atoms with Gasteiger partial charge in [-0.15, -0.1) is 0 Å². The molecule has 18 heavy (non-hydrogen) atoms. The maximum absolute atomic E-state index is 9.63. The lowest BCUT2D eigenvalue weighted by atomic mass is 9.87. The Morgan fingerprint density at radius 1 is 1.56 bits per heavy atom. The standard InChI is InChI=1S/C14H19N3O/c1-10-5-6-16-14(13(10)8-15)17-9-11-3-2-4-12(18)7-11/h5-6,11-12,18H,2-4,7,9H2,1H3,(H,16,17). The van der Waals surface area contributed by atoms with Crippen molar-refractivity contribution in [2.24, 2.45) is 5.92 Å². The molecule has 1 heterocycles. The Labute approximate surface area is 108 Å². The monoisotopic (exact) mass is 245 g/mol. The van der Waals surface area contributed by atoms with Gasteiger partial charge in [0.2, 0.25) is 0 Å². The summed E-state index contributed by atoms with van der Waals surface area (Å²) in [6.07, 6.45) is 5.54. The summed E-state index contributed by atoms with van der Waals surface area (Å²) in [5.41, 5.74) is 1.56. The molecule has 4 heteroatoms. The molecular formula is C14H19N3O. The zero-order valence-corrected chi connectivity index (χ0v) is 10.7. The van der Waals surface area contributed by atoms with E-state index in [-0.39, 0.29) is 6.10 Å². The number of aliphatic hydroxyl groups excluding tert-OH is 1. The number of nitrogens with zero attached hydrogens (tertiary/aromatic N) is 2. The number of rotatable bonds is 3. The second kappa shape index (κ2) is 5.83. The Hall–Kier alpha value is -1.60. The molecule has 4 nitrogen and oxygen atoms in total. The van der Waals surface area contributed by atoms with Crippen molar-refractivity contribution in [1.82, 2.24) is 4.98 Å². The van der Waals surface area contributed by atoms with Crippen molar-refractivity contribution in [3.8, 4) is 6.07 Å². The molecule has 2 unspecified atom stereocenters. The molecule has 1 aromatic heterocycles. The quantitative estimate of drug-likeness (QED) is 0.856. The fourth-order valence-electron chi connectivity index (χ4n) is 2.52. The van der Waals surface area contributed by atoms with E-state index in [9.17, 15) is 5.11 Å². The molecule has 1 aromatic rings. The maximum atomic E-state index is 9.63. The normalized spacial score (nSPS) is 23.4. The van der Waals surface area contributed by atoms with Crippen molar-refractivity contribution >= 4 is 5.82 Å². The summed E-state index contributed by atoms with van der Waals surface area (Å²) in [4.78, 5) is 4.22. The van der Waals surface area contributed by atoms with E-state index < -0.39 is 0 Å². The topological polar surface area (TPSA) is 68.9 Å². The first-order valence-corrected chi connectivity index (χ1v) is 6.48. The van der Waals surface area contributed by atoms with E-state index in [4.69, 9.17) is 5.26 Å². The van der Waals surface area contributed by atoms with E-state index >= 15 is 0 Å². The number of nitriles is 1. The number of hydrogen-bond acceptors (Lipinski definition) is 4. The van der Waals surface area contributed by atoms with Crippen LogP contribution < -0.4 is 5.32 Å². The third-order valence-electron chi connectivity index (χ3n) is 3.58. The molecule has 2 atom stereocenters. The highest BCUT2D eigenvalue weighted by atomic mass is 16.3. The van der Waals surface area contributed by atoms with Crippen LogP contribution in [-0.4, -0.2) is 22.7 Å². The predicted octanol–water partition coefficient (Wildman–Crippen LogP) is 2.22. The van der Waals surface area contributed by atoms with Crippen molar-refractivity contribution in [3.63, 3.8) is 0 Å². The first kappa shape index (κ1) is 12.8. The molecule has 0 amide bonds. The summed E-state index contributed by atoms with van der Waals surface area (Å²) < 4.78 is 0. The molecule has 0 saturated heterocycles. The SMILES string of the molecule is Cc1ccnc(NCC2CCCC(O)C2)c1C#N. The van der Waals surface area contributed by atoms with Gasteiger partial charge in [-0.3, -0.25) is 0 Å². The zero-order chi connectivity index (χ0) is 13.0. The average Bonchev–Trinajstić information content (AvgIpc) is 2.36. The molecule has 0 radical (unpaired) electrons. The van der Waals surface area contributed by atoms with Crippen LogP contribution in [0.1, 0.15) is 36.8 Å². The van der Waals surface area contributed by atoms with Crippen molar-refractivity contribution in [2.75, 3.05) is 11.9 Å². The van der Waals surface area contributed by atoms with Gasteiger partial charge in [-0.2, -0.15) is 5.26 Å².